The highest BCUT2D eigenvalue weighted by molar-refractivity contribution is 5.97. The van der Waals surface area contributed by atoms with Crippen molar-refractivity contribution in [3.63, 3.8) is 0 Å². The third-order valence-corrected chi connectivity index (χ3v) is 9.68. The molecule has 10 atom stereocenters. The summed E-state index contributed by atoms with van der Waals surface area (Å²) in [6.07, 6.45) is -1.46. The molecule has 2 N–H and O–H groups in total. The molecule has 5 rings (SSSR count). The van der Waals surface area contributed by atoms with Gasteiger partial charge in [0.1, 0.15) is 0 Å². The molecule has 3 saturated carbocycles. The molecule has 0 bridgehead atoms. The zero-order chi connectivity index (χ0) is 20.4. The van der Waals surface area contributed by atoms with Crippen molar-refractivity contribution < 1.29 is 29.3 Å². The predicted octanol–water partition coefficient (Wildman–Crippen LogP) is 1.63. The topological polar surface area (TPSA) is 93.1 Å². The molecular weight excluding hydrogens is 360 g/mol. The number of carbonyl (C=O) groups excluding carboxylic acids is 2. The first-order chi connectivity index (χ1) is 13.0. The van der Waals surface area contributed by atoms with E-state index in [1.807, 2.05) is 13.8 Å². The quantitative estimate of drug-likeness (QED) is 0.522. The van der Waals surface area contributed by atoms with E-state index in [2.05, 4.69) is 13.8 Å². The minimum absolute atomic E-state index is 0.0326. The van der Waals surface area contributed by atoms with Crippen LogP contribution < -0.4 is 0 Å². The molecule has 1 aliphatic heterocycles. The summed E-state index contributed by atoms with van der Waals surface area (Å²) < 4.78 is 11.4. The average molecular weight is 390 g/mol. The van der Waals surface area contributed by atoms with Crippen molar-refractivity contribution in [2.75, 3.05) is 6.61 Å². The summed E-state index contributed by atoms with van der Waals surface area (Å²) in [4.78, 5) is 25.8. The number of fused-ring (bicyclic) bond motifs is 1. The van der Waals surface area contributed by atoms with Gasteiger partial charge in [0.25, 0.3) is 0 Å². The first kappa shape index (κ1) is 18.8. The number of aliphatic hydroxyl groups is 2. The van der Waals surface area contributed by atoms with Crippen molar-refractivity contribution in [1.82, 2.24) is 0 Å². The van der Waals surface area contributed by atoms with Crippen molar-refractivity contribution in [3.05, 3.63) is 11.1 Å². The van der Waals surface area contributed by atoms with Gasteiger partial charge in [-0.25, -0.2) is 0 Å². The Morgan fingerprint density at radius 2 is 1.86 bits per heavy atom. The average Bonchev–Trinajstić information content (AvgIpc) is 2.61. The van der Waals surface area contributed by atoms with E-state index in [1.54, 1.807) is 0 Å². The lowest BCUT2D eigenvalue weighted by atomic mass is 9.21. The Balaban J connectivity index is 1.81. The highest BCUT2D eigenvalue weighted by atomic mass is 16.5. The van der Waals surface area contributed by atoms with Crippen LogP contribution in [-0.4, -0.2) is 53.0 Å². The van der Waals surface area contributed by atoms with Crippen LogP contribution >= 0.6 is 0 Å². The third kappa shape index (κ3) is 1.59. The van der Waals surface area contributed by atoms with Gasteiger partial charge >= 0.3 is 5.97 Å². The summed E-state index contributed by atoms with van der Waals surface area (Å²) in [5.74, 6) is -0.200. The van der Waals surface area contributed by atoms with Crippen LogP contribution in [0.25, 0.3) is 0 Å². The third-order valence-electron chi connectivity index (χ3n) is 9.68. The highest BCUT2D eigenvalue weighted by Gasteiger charge is 2.87. The molecule has 6 nitrogen and oxygen atoms in total. The lowest BCUT2D eigenvalue weighted by molar-refractivity contribution is -0.374. The molecule has 0 amide bonds. The second kappa shape index (κ2) is 5.27. The summed E-state index contributed by atoms with van der Waals surface area (Å²) >= 11 is 0. The van der Waals surface area contributed by atoms with Gasteiger partial charge in [-0.05, 0) is 43.3 Å². The van der Waals surface area contributed by atoms with Crippen molar-refractivity contribution in [3.8, 4) is 0 Å². The smallest absolute Gasteiger partial charge is 0.303 e. The normalized spacial score (nSPS) is 56.7. The van der Waals surface area contributed by atoms with Crippen molar-refractivity contribution >= 4 is 11.8 Å². The van der Waals surface area contributed by atoms with E-state index in [-0.39, 0.29) is 29.6 Å². The van der Waals surface area contributed by atoms with Gasteiger partial charge in [-0.1, -0.05) is 13.8 Å². The Hall–Kier alpha value is -1.24. The van der Waals surface area contributed by atoms with Crippen molar-refractivity contribution in [1.29, 1.82) is 0 Å². The van der Waals surface area contributed by atoms with Gasteiger partial charge in [-0.3, -0.25) is 9.59 Å². The minimum atomic E-state index is -1.03. The summed E-state index contributed by atoms with van der Waals surface area (Å²) in [6.45, 7) is 10.0. The number of Topliss-reactive ketones (excluding diaryl/α,β-unsaturated/α-hetero) is 1. The van der Waals surface area contributed by atoms with E-state index in [9.17, 15) is 19.8 Å². The molecule has 0 aromatic heterocycles. The van der Waals surface area contributed by atoms with Gasteiger partial charge < -0.3 is 19.7 Å². The standard InChI is InChI=1S/C22H30O6/c1-9-14(24)6-12-10(2)22-13-8-27-15(13)7-16(25)21(22,5)19(26)18(28-11(3)23)17(9)20(12,22)4/h10,12-16,18,24-25H,6-8H2,1-5H3/t10?,12?,13-,14+,15-,16+,18-,20-,21+,22?/m1/s1. The number of ether oxygens (including phenoxy) is 2. The van der Waals surface area contributed by atoms with Gasteiger partial charge in [0.05, 0.1) is 30.3 Å². The lowest BCUT2D eigenvalue weighted by Gasteiger charge is -2.83. The highest BCUT2D eigenvalue weighted by Crippen LogP contribution is 2.84. The maximum absolute atomic E-state index is 13.9. The van der Waals surface area contributed by atoms with Gasteiger partial charge in [0, 0.05) is 30.1 Å². The van der Waals surface area contributed by atoms with Crippen LogP contribution in [0.15, 0.2) is 11.1 Å². The fourth-order valence-electron chi connectivity index (χ4n) is 8.74. The van der Waals surface area contributed by atoms with E-state index in [0.717, 1.165) is 11.1 Å². The Morgan fingerprint density at radius 1 is 1.18 bits per heavy atom. The van der Waals surface area contributed by atoms with Gasteiger partial charge in [-0.2, -0.15) is 0 Å². The van der Waals surface area contributed by atoms with E-state index >= 15 is 0 Å². The first-order valence-corrected chi connectivity index (χ1v) is 10.4. The monoisotopic (exact) mass is 390 g/mol. The largest absolute Gasteiger partial charge is 0.450 e. The van der Waals surface area contributed by atoms with Crippen LogP contribution in [0.1, 0.15) is 47.5 Å². The summed E-state index contributed by atoms with van der Waals surface area (Å²) in [7, 11) is 0. The molecule has 0 radical (unpaired) electrons. The number of rotatable bonds is 1. The molecule has 1 heterocycles. The summed E-state index contributed by atoms with van der Waals surface area (Å²) in [6, 6.07) is 0. The predicted molar refractivity (Wildman–Crippen MR) is 99.0 cm³/mol. The number of hydrogen-bond donors (Lipinski definition) is 2. The number of carbonyl (C=O) groups is 2. The molecule has 28 heavy (non-hydrogen) atoms. The maximum Gasteiger partial charge on any atom is 0.303 e. The van der Waals surface area contributed by atoms with Crippen LogP contribution in [0, 0.1) is 34.0 Å². The van der Waals surface area contributed by atoms with E-state index in [0.29, 0.717) is 19.4 Å². The molecule has 154 valence electrons. The first-order valence-electron chi connectivity index (χ1n) is 10.4. The van der Waals surface area contributed by atoms with Crippen LogP contribution in [0.4, 0.5) is 0 Å². The Kier molecular flexibility index (Phi) is 3.53. The van der Waals surface area contributed by atoms with Gasteiger partial charge in [0.2, 0.25) is 0 Å². The van der Waals surface area contributed by atoms with Gasteiger partial charge in [0.15, 0.2) is 11.9 Å². The zero-order valence-electron chi connectivity index (χ0n) is 17.2. The Morgan fingerprint density at radius 3 is 2.43 bits per heavy atom. The molecule has 1 spiro atoms. The molecule has 0 aromatic carbocycles. The van der Waals surface area contributed by atoms with Crippen LogP contribution in [0.3, 0.4) is 0 Å². The van der Waals surface area contributed by atoms with Crippen LogP contribution in [0.5, 0.6) is 0 Å². The van der Waals surface area contributed by atoms with Crippen molar-refractivity contribution in [2.24, 2.45) is 34.0 Å². The fourth-order valence-corrected chi connectivity index (χ4v) is 8.74. The van der Waals surface area contributed by atoms with Crippen LogP contribution in [-0.2, 0) is 19.1 Å². The molecule has 6 heteroatoms. The Labute approximate surface area is 165 Å². The second-order valence-electron chi connectivity index (χ2n) is 10.1. The SMILES string of the molecule is CC(=O)O[C@H]1C(=O)[C@]2(C)[C@@H](O)C[C@H]3OC[C@H]3C23C(C)C2C[C@H](O)C(C)=C1[C@@]23C. The van der Waals surface area contributed by atoms with Crippen LogP contribution in [0.2, 0.25) is 0 Å². The summed E-state index contributed by atoms with van der Waals surface area (Å²) in [5.41, 5.74) is -0.327. The molecule has 0 aromatic rings. The number of ketones is 1. The molecular formula is C22H30O6. The van der Waals surface area contributed by atoms with Gasteiger partial charge in [-0.15, -0.1) is 0 Å². The minimum Gasteiger partial charge on any atom is -0.450 e. The number of hydrogen-bond acceptors (Lipinski definition) is 6. The van der Waals surface area contributed by atoms with Crippen molar-refractivity contribution in [2.45, 2.75) is 71.9 Å². The molecule has 1 saturated heterocycles. The Bertz CT molecular complexity index is 818. The zero-order valence-corrected chi connectivity index (χ0v) is 17.2. The van der Waals surface area contributed by atoms with E-state index in [4.69, 9.17) is 9.47 Å². The fraction of sp³-hybridized carbons (Fsp3) is 0.818. The summed E-state index contributed by atoms with van der Waals surface area (Å²) in [5, 5.41) is 22.0. The second-order valence-corrected chi connectivity index (χ2v) is 10.1. The number of aliphatic hydroxyl groups excluding tert-OH is 2. The molecule has 5 aliphatic rings. The number of esters is 1. The molecule has 3 unspecified atom stereocenters. The van der Waals surface area contributed by atoms with E-state index in [1.165, 1.54) is 6.92 Å². The molecule has 4 aliphatic carbocycles. The molecule has 4 fully saturated rings. The maximum atomic E-state index is 13.9. The lowest BCUT2D eigenvalue weighted by Crippen LogP contribution is -2.86. The van der Waals surface area contributed by atoms with E-state index < -0.39 is 40.5 Å².